The fraction of sp³-hybridized carbons (Fsp3) is 0.661. The van der Waals surface area contributed by atoms with Gasteiger partial charge in [-0.25, -0.2) is 4.57 Å². The van der Waals surface area contributed by atoms with Gasteiger partial charge in [-0.15, -0.1) is 0 Å². The van der Waals surface area contributed by atoms with E-state index in [2.05, 4.69) is 128 Å². The smallest absolute Gasteiger partial charge is 0.169 e. The maximum atomic E-state index is 2.70. The SMILES string of the molecule is CCCCCCCCCCCCCCCCCCCCN(CCCCCCCCCCCCCCCCCCCC)c1ccc(C=Cc2ccc(C=Cc3cc[n+](C)cc3)cc2)cc1. The average molecular weight is 875 g/mol. The zero-order valence-electron chi connectivity index (χ0n) is 42.5. The van der Waals surface area contributed by atoms with Gasteiger partial charge in [-0.3, -0.25) is 0 Å². The maximum Gasteiger partial charge on any atom is 0.169 e. The van der Waals surface area contributed by atoms with E-state index in [1.165, 1.54) is 272 Å². The molecule has 0 saturated carbocycles. The van der Waals surface area contributed by atoms with Crippen LogP contribution in [0.2, 0.25) is 0 Å². The van der Waals surface area contributed by atoms with Crippen molar-refractivity contribution in [1.82, 2.24) is 0 Å². The van der Waals surface area contributed by atoms with Crippen molar-refractivity contribution in [3.05, 3.63) is 95.3 Å². The van der Waals surface area contributed by atoms with Crippen LogP contribution in [0.3, 0.4) is 0 Å². The number of unbranched alkanes of at least 4 members (excludes halogenated alkanes) is 34. The van der Waals surface area contributed by atoms with E-state index in [4.69, 9.17) is 0 Å². The van der Waals surface area contributed by atoms with E-state index in [-0.39, 0.29) is 0 Å². The Labute approximate surface area is 398 Å². The molecule has 2 heteroatoms. The number of hydrogen-bond acceptors (Lipinski definition) is 1. The van der Waals surface area contributed by atoms with Crippen LogP contribution in [0.15, 0.2) is 73.1 Å². The highest BCUT2D eigenvalue weighted by atomic mass is 15.1. The van der Waals surface area contributed by atoms with Gasteiger partial charge in [0.25, 0.3) is 0 Å². The highest BCUT2D eigenvalue weighted by Gasteiger charge is 2.07. The molecule has 0 fully saturated rings. The van der Waals surface area contributed by atoms with Crippen LogP contribution in [-0.4, -0.2) is 13.1 Å². The van der Waals surface area contributed by atoms with E-state index in [0.29, 0.717) is 0 Å². The van der Waals surface area contributed by atoms with Crippen molar-refractivity contribution in [2.45, 2.75) is 245 Å². The Hall–Kier alpha value is -3.13. The van der Waals surface area contributed by atoms with Crippen LogP contribution in [0.1, 0.15) is 267 Å². The van der Waals surface area contributed by atoms with Gasteiger partial charge in [0.15, 0.2) is 12.4 Å². The van der Waals surface area contributed by atoms with Crippen LogP contribution in [0.4, 0.5) is 5.69 Å². The van der Waals surface area contributed by atoms with Crippen molar-refractivity contribution >= 4 is 30.0 Å². The lowest BCUT2D eigenvalue weighted by Crippen LogP contribution is -2.25. The summed E-state index contributed by atoms with van der Waals surface area (Å²) in [5, 5.41) is 0. The van der Waals surface area contributed by atoms with Crippen molar-refractivity contribution in [2.75, 3.05) is 18.0 Å². The quantitative estimate of drug-likeness (QED) is 0.0312. The fourth-order valence-electron chi connectivity index (χ4n) is 9.30. The molecular formula is C62H101N2+. The first-order chi connectivity index (χ1) is 31.7. The van der Waals surface area contributed by atoms with E-state index in [0.717, 1.165) is 0 Å². The summed E-state index contributed by atoms with van der Waals surface area (Å²) in [4.78, 5) is 2.70. The molecule has 0 bridgehead atoms. The monoisotopic (exact) mass is 874 g/mol. The highest BCUT2D eigenvalue weighted by Crippen LogP contribution is 2.22. The Morgan fingerprint density at radius 2 is 0.516 bits per heavy atom. The van der Waals surface area contributed by atoms with Crippen molar-refractivity contribution in [1.29, 1.82) is 0 Å². The molecule has 3 rings (SSSR count). The molecule has 1 aromatic heterocycles. The maximum absolute atomic E-state index is 2.70. The minimum absolute atomic E-state index is 1.19. The average Bonchev–Trinajstić information content (AvgIpc) is 3.32. The van der Waals surface area contributed by atoms with Crippen LogP contribution < -0.4 is 9.47 Å². The van der Waals surface area contributed by atoms with Crippen molar-refractivity contribution < 1.29 is 4.57 Å². The standard InChI is InChI=1S/C62H101N2/c1-4-6-8-10-12-14-16-18-20-22-24-26-28-30-32-34-36-38-54-64(55-39-37-35-33-31-29-27-25-23-21-19-17-15-13-11-9-7-5-2)62-50-48-60(49-51-62)45-44-58-40-42-59(43-41-58)46-47-61-52-56-63(3)57-53-61/h40-53,56-57H,4-39,54-55H2,1-3H3/q+1. The summed E-state index contributed by atoms with van der Waals surface area (Å²) < 4.78 is 2.06. The van der Waals surface area contributed by atoms with Gasteiger partial charge in [-0.1, -0.05) is 293 Å². The molecule has 2 aromatic carbocycles. The summed E-state index contributed by atoms with van der Waals surface area (Å²) in [5.74, 6) is 0. The first-order valence-corrected chi connectivity index (χ1v) is 27.9. The molecular weight excluding hydrogens is 773 g/mol. The third kappa shape index (κ3) is 30.1. The molecule has 0 aliphatic carbocycles. The van der Waals surface area contributed by atoms with Gasteiger partial charge in [-0.2, -0.15) is 0 Å². The summed E-state index contributed by atoms with van der Waals surface area (Å²) in [6, 6.07) is 22.5. The summed E-state index contributed by atoms with van der Waals surface area (Å²) in [7, 11) is 2.05. The van der Waals surface area contributed by atoms with E-state index in [1.807, 2.05) is 0 Å². The second-order valence-corrected chi connectivity index (χ2v) is 19.7. The number of hydrogen-bond donors (Lipinski definition) is 0. The summed E-state index contributed by atoms with van der Waals surface area (Å²) in [6.45, 7) is 7.00. The highest BCUT2D eigenvalue weighted by molar-refractivity contribution is 5.73. The lowest BCUT2D eigenvalue weighted by atomic mass is 10.0. The second kappa shape index (κ2) is 40.2. The van der Waals surface area contributed by atoms with E-state index >= 15 is 0 Å². The summed E-state index contributed by atoms with van der Waals surface area (Å²) >= 11 is 0. The fourth-order valence-corrected chi connectivity index (χ4v) is 9.30. The number of nitrogens with zero attached hydrogens (tertiary/aromatic N) is 2. The van der Waals surface area contributed by atoms with Gasteiger partial charge in [-0.05, 0) is 47.2 Å². The number of aromatic nitrogens is 1. The molecule has 1 heterocycles. The number of pyridine rings is 1. The van der Waals surface area contributed by atoms with Gasteiger partial charge >= 0.3 is 0 Å². The molecule has 0 aliphatic heterocycles. The van der Waals surface area contributed by atoms with Crippen molar-refractivity contribution in [2.24, 2.45) is 7.05 Å². The Kier molecular flexibility index (Phi) is 34.6. The predicted octanol–water partition coefficient (Wildman–Crippen LogP) is 19.7. The molecule has 358 valence electrons. The predicted molar refractivity (Wildman–Crippen MR) is 288 cm³/mol. The Morgan fingerprint density at radius 1 is 0.297 bits per heavy atom. The van der Waals surface area contributed by atoms with Crippen LogP contribution in [0.5, 0.6) is 0 Å². The van der Waals surface area contributed by atoms with E-state index in [1.54, 1.807) is 0 Å². The summed E-state index contributed by atoms with van der Waals surface area (Å²) in [5.41, 5.74) is 6.35. The van der Waals surface area contributed by atoms with Crippen molar-refractivity contribution in [3.63, 3.8) is 0 Å². The molecule has 2 nitrogen and oxygen atoms in total. The van der Waals surface area contributed by atoms with E-state index in [9.17, 15) is 0 Å². The topological polar surface area (TPSA) is 7.12 Å². The molecule has 0 saturated heterocycles. The third-order valence-corrected chi connectivity index (χ3v) is 13.7. The number of rotatable bonds is 43. The van der Waals surface area contributed by atoms with Crippen LogP contribution in [0.25, 0.3) is 24.3 Å². The number of benzene rings is 2. The Balaban J connectivity index is 1.32. The molecule has 0 spiro atoms. The van der Waals surface area contributed by atoms with Gasteiger partial charge in [0.2, 0.25) is 0 Å². The van der Waals surface area contributed by atoms with Gasteiger partial charge in [0.05, 0.1) is 0 Å². The minimum atomic E-state index is 1.19. The lowest BCUT2D eigenvalue weighted by Gasteiger charge is -2.25. The molecule has 0 N–H and O–H groups in total. The molecule has 0 amide bonds. The third-order valence-electron chi connectivity index (χ3n) is 13.7. The molecule has 0 aliphatic rings. The molecule has 0 radical (unpaired) electrons. The van der Waals surface area contributed by atoms with Gasteiger partial charge in [0.1, 0.15) is 7.05 Å². The Morgan fingerprint density at radius 3 is 0.781 bits per heavy atom. The number of anilines is 1. The lowest BCUT2D eigenvalue weighted by molar-refractivity contribution is -0.671. The zero-order valence-corrected chi connectivity index (χ0v) is 42.5. The molecule has 64 heavy (non-hydrogen) atoms. The zero-order chi connectivity index (χ0) is 45.2. The molecule has 0 atom stereocenters. The van der Waals surface area contributed by atoms with Gasteiger partial charge in [0, 0.05) is 30.9 Å². The minimum Gasteiger partial charge on any atom is -0.372 e. The first-order valence-electron chi connectivity index (χ1n) is 27.9. The normalized spacial score (nSPS) is 11.7. The number of aryl methyl sites for hydroxylation is 1. The molecule has 0 unspecified atom stereocenters. The van der Waals surface area contributed by atoms with E-state index < -0.39 is 0 Å². The summed E-state index contributed by atoms with van der Waals surface area (Å²) in [6.07, 6.45) is 64.6. The van der Waals surface area contributed by atoms with Crippen LogP contribution >= 0.6 is 0 Å². The second-order valence-electron chi connectivity index (χ2n) is 19.7. The van der Waals surface area contributed by atoms with Crippen LogP contribution in [0, 0.1) is 0 Å². The van der Waals surface area contributed by atoms with Gasteiger partial charge < -0.3 is 4.90 Å². The Bertz CT molecular complexity index is 1460. The first kappa shape index (κ1) is 55.2. The molecule has 3 aromatic rings. The largest absolute Gasteiger partial charge is 0.372 e. The van der Waals surface area contributed by atoms with Crippen molar-refractivity contribution in [3.8, 4) is 0 Å². The van der Waals surface area contributed by atoms with Crippen LogP contribution in [-0.2, 0) is 7.05 Å².